The first-order chi connectivity index (χ1) is 9.38. The van der Waals surface area contributed by atoms with Crippen LogP contribution in [0.5, 0.6) is 0 Å². The molecule has 0 fully saturated rings. The van der Waals surface area contributed by atoms with Gasteiger partial charge in [0.25, 0.3) is 5.91 Å². The fraction of sp³-hybridized carbons (Fsp3) is 0.667. The minimum atomic E-state index is -0.554. The Labute approximate surface area is 125 Å². The van der Waals surface area contributed by atoms with E-state index in [-0.39, 0.29) is 22.7 Å². The third-order valence-corrected chi connectivity index (χ3v) is 2.84. The van der Waals surface area contributed by atoms with Crippen molar-refractivity contribution in [1.29, 1.82) is 0 Å². The molecule has 0 aliphatic carbocycles. The van der Waals surface area contributed by atoms with Crippen LogP contribution < -0.4 is 5.32 Å². The average molecular weight is 295 g/mol. The molecule has 1 heterocycles. The molecule has 1 aromatic heterocycles. The molecule has 6 heteroatoms. The van der Waals surface area contributed by atoms with Crippen molar-refractivity contribution in [3.05, 3.63) is 17.0 Å². The summed E-state index contributed by atoms with van der Waals surface area (Å²) in [5.74, 6) is -0.934. The Kier molecular flexibility index (Phi) is 4.51. The smallest absolute Gasteiger partial charge is 0.342 e. The Hall–Kier alpha value is -1.85. The fourth-order valence-electron chi connectivity index (χ4n) is 2.06. The maximum atomic E-state index is 12.4. The summed E-state index contributed by atoms with van der Waals surface area (Å²) in [7, 11) is 1.29. The summed E-state index contributed by atoms with van der Waals surface area (Å²) in [5, 5.41) is 7.16. The van der Waals surface area contributed by atoms with Crippen molar-refractivity contribution in [1.82, 2.24) is 15.1 Å². The number of rotatable bonds is 2. The van der Waals surface area contributed by atoms with Gasteiger partial charge in [-0.05, 0) is 48.5 Å². The Morgan fingerprint density at radius 3 is 2.05 bits per heavy atom. The van der Waals surface area contributed by atoms with E-state index in [1.54, 1.807) is 11.6 Å². The first-order valence-corrected chi connectivity index (χ1v) is 6.89. The van der Waals surface area contributed by atoms with Crippen LogP contribution in [0.1, 0.15) is 68.1 Å². The zero-order valence-electron chi connectivity index (χ0n) is 14.1. The Morgan fingerprint density at radius 2 is 1.67 bits per heavy atom. The summed E-state index contributed by atoms with van der Waals surface area (Å²) in [6.45, 7) is 13.2. The zero-order chi connectivity index (χ0) is 16.6. The quantitative estimate of drug-likeness (QED) is 0.849. The summed E-state index contributed by atoms with van der Waals surface area (Å²) < 4.78 is 6.47. The zero-order valence-corrected chi connectivity index (χ0v) is 14.1. The lowest BCUT2D eigenvalue weighted by atomic mass is 10.1. The average Bonchev–Trinajstić information content (AvgIpc) is 2.63. The largest absolute Gasteiger partial charge is 0.465 e. The summed E-state index contributed by atoms with van der Waals surface area (Å²) in [5.41, 5.74) is 0.184. The van der Waals surface area contributed by atoms with E-state index in [1.165, 1.54) is 7.11 Å². The van der Waals surface area contributed by atoms with Crippen molar-refractivity contribution in [3.8, 4) is 0 Å². The van der Waals surface area contributed by atoms with Crippen LogP contribution in [0.3, 0.4) is 0 Å². The van der Waals surface area contributed by atoms with Gasteiger partial charge in [0.2, 0.25) is 0 Å². The normalized spacial score (nSPS) is 12.2. The van der Waals surface area contributed by atoms with Crippen LogP contribution in [-0.4, -0.2) is 34.3 Å². The van der Waals surface area contributed by atoms with Crippen molar-refractivity contribution >= 4 is 11.9 Å². The van der Waals surface area contributed by atoms with E-state index in [1.807, 2.05) is 41.5 Å². The molecule has 1 aromatic rings. The third kappa shape index (κ3) is 3.83. The van der Waals surface area contributed by atoms with Gasteiger partial charge in [0, 0.05) is 5.54 Å². The van der Waals surface area contributed by atoms with E-state index < -0.39 is 11.5 Å². The molecule has 0 spiro atoms. The minimum absolute atomic E-state index is 0.101. The second kappa shape index (κ2) is 5.50. The van der Waals surface area contributed by atoms with Crippen molar-refractivity contribution in [2.45, 2.75) is 59.5 Å². The first kappa shape index (κ1) is 17.2. The summed E-state index contributed by atoms with van der Waals surface area (Å²) >= 11 is 0. The highest BCUT2D eigenvalue weighted by atomic mass is 16.5. The van der Waals surface area contributed by atoms with Crippen molar-refractivity contribution in [3.63, 3.8) is 0 Å². The number of hydrogen-bond donors (Lipinski definition) is 1. The van der Waals surface area contributed by atoms with Crippen molar-refractivity contribution in [2.75, 3.05) is 7.11 Å². The number of methoxy groups -OCH3 is 1. The SMILES string of the molecule is COC(=O)c1c(C(=O)NC(C)(C)C)nn(C(C)(C)C)c1C. The van der Waals surface area contributed by atoms with Crippen LogP contribution in [0.2, 0.25) is 0 Å². The Morgan fingerprint density at radius 1 is 1.14 bits per heavy atom. The van der Waals surface area contributed by atoms with Gasteiger partial charge >= 0.3 is 5.97 Å². The number of ether oxygens (including phenoxy) is 1. The predicted molar refractivity (Wildman–Crippen MR) is 80.5 cm³/mol. The molecular formula is C15H25N3O3. The van der Waals surface area contributed by atoms with E-state index in [4.69, 9.17) is 4.74 Å². The van der Waals surface area contributed by atoms with Gasteiger partial charge in [-0.25, -0.2) is 4.79 Å². The predicted octanol–water partition coefficient (Wildman–Crippen LogP) is 2.26. The highest BCUT2D eigenvalue weighted by molar-refractivity contribution is 6.05. The molecule has 0 atom stereocenters. The topological polar surface area (TPSA) is 73.2 Å². The van der Waals surface area contributed by atoms with Crippen LogP contribution in [0.25, 0.3) is 0 Å². The van der Waals surface area contributed by atoms with Crippen molar-refractivity contribution < 1.29 is 14.3 Å². The number of amides is 1. The van der Waals surface area contributed by atoms with Crippen LogP contribution in [-0.2, 0) is 10.3 Å². The molecule has 0 aliphatic heterocycles. The monoisotopic (exact) mass is 295 g/mol. The van der Waals surface area contributed by atoms with Crippen LogP contribution in [0, 0.1) is 6.92 Å². The van der Waals surface area contributed by atoms with E-state index in [0.717, 1.165) is 0 Å². The highest BCUT2D eigenvalue weighted by Gasteiger charge is 2.31. The molecule has 1 amide bonds. The van der Waals surface area contributed by atoms with Gasteiger partial charge in [0.1, 0.15) is 5.56 Å². The summed E-state index contributed by atoms with van der Waals surface area (Å²) in [6, 6.07) is 0. The second-order valence-corrected chi connectivity index (χ2v) is 7.09. The van der Waals surface area contributed by atoms with Gasteiger partial charge in [-0.3, -0.25) is 9.48 Å². The lowest BCUT2D eigenvalue weighted by Crippen LogP contribution is -2.41. The number of nitrogens with one attached hydrogen (secondary N) is 1. The van der Waals surface area contributed by atoms with Crippen LogP contribution in [0.4, 0.5) is 0 Å². The van der Waals surface area contributed by atoms with E-state index in [9.17, 15) is 9.59 Å². The summed E-state index contributed by atoms with van der Waals surface area (Å²) in [6.07, 6.45) is 0. The number of carbonyl (C=O) groups excluding carboxylic acids is 2. The maximum absolute atomic E-state index is 12.4. The fourth-order valence-corrected chi connectivity index (χ4v) is 2.06. The van der Waals surface area contributed by atoms with Gasteiger partial charge in [-0.1, -0.05) is 0 Å². The van der Waals surface area contributed by atoms with Gasteiger partial charge < -0.3 is 10.1 Å². The molecule has 1 rings (SSSR count). The van der Waals surface area contributed by atoms with Crippen molar-refractivity contribution in [2.24, 2.45) is 0 Å². The number of esters is 1. The van der Waals surface area contributed by atoms with Crippen LogP contribution >= 0.6 is 0 Å². The molecular weight excluding hydrogens is 270 g/mol. The molecule has 21 heavy (non-hydrogen) atoms. The highest BCUT2D eigenvalue weighted by Crippen LogP contribution is 2.22. The molecule has 0 saturated carbocycles. The maximum Gasteiger partial charge on any atom is 0.342 e. The molecule has 118 valence electrons. The molecule has 0 aromatic carbocycles. The van der Waals surface area contributed by atoms with E-state index in [2.05, 4.69) is 10.4 Å². The summed E-state index contributed by atoms with van der Waals surface area (Å²) in [4.78, 5) is 24.4. The van der Waals surface area contributed by atoms with E-state index >= 15 is 0 Å². The number of nitrogens with zero attached hydrogens (tertiary/aromatic N) is 2. The lowest BCUT2D eigenvalue weighted by Gasteiger charge is -2.21. The minimum Gasteiger partial charge on any atom is -0.465 e. The molecule has 0 radical (unpaired) electrons. The van der Waals surface area contributed by atoms with Gasteiger partial charge in [-0.15, -0.1) is 0 Å². The lowest BCUT2D eigenvalue weighted by molar-refractivity contribution is 0.0594. The Bertz CT molecular complexity index is 560. The molecule has 0 bridgehead atoms. The molecule has 0 unspecified atom stereocenters. The number of aromatic nitrogens is 2. The first-order valence-electron chi connectivity index (χ1n) is 6.89. The van der Waals surface area contributed by atoms with E-state index in [0.29, 0.717) is 5.69 Å². The third-order valence-electron chi connectivity index (χ3n) is 2.84. The molecule has 0 aliphatic rings. The standard InChI is InChI=1S/C15H25N3O3/c1-9-10(13(20)21-8)11(12(19)16-14(2,3)4)17-18(9)15(5,6)7/h1-8H3,(H,16,19). The number of hydrogen-bond acceptors (Lipinski definition) is 4. The second-order valence-electron chi connectivity index (χ2n) is 7.09. The number of carbonyl (C=O) groups is 2. The molecule has 0 saturated heterocycles. The molecule has 1 N–H and O–H groups in total. The van der Waals surface area contributed by atoms with Gasteiger partial charge in [0.15, 0.2) is 5.69 Å². The molecule has 6 nitrogen and oxygen atoms in total. The van der Waals surface area contributed by atoms with Crippen LogP contribution in [0.15, 0.2) is 0 Å². The van der Waals surface area contributed by atoms with Gasteiger partial charge in [0.05, 0.1) is 18.3 Å². The Balaban J connectivity index is 3.43. The van der Waals surface area contributed by atoms with Gasteiger partial charge in [-0.2, -0.15) is 5.10 Å².